The number of amides is 1. The molecule has 0 spiro atoms. The molecule has 1 atom stereocenters. The van der Waals surface area contributed by atoms with Crippen molar-refractivity contribution >= 4 is 38.8 Å². The third-order valence-electron chi connectivity index (χ3n) is 4.30. The Labute approximate surface area is 169 Å². The van der Waals surface area contributed by atoms with Gasteiger partial charge in [-0.05, 0) is 36.4 Å². The lowest BCUT2D eigenvalue weighted by atomic mass is 10.2. The van der Waals surface area contributed by atoms with Gasteiger partial charge < -0.3 is 13.9 Å². The number of ether oxygens (including phenoxy) is 2. The molecule has 0 saturated heterocycles. The van der Waals surface area contributed by atoms with Crippen molar-refractivity contribution in [2.45, 2.75) is 6.10 Å². The molecule has 0 fully saturated rings. The molecule has 0 aliphatic carbocycles. The summed E-state index contributed by atoms with van der Waals surface area (Å²) < 4.78 is 17.8. The molecule has 0 bridgehead atoms. The highest BCUT2D eigenvalue weighted by molar-refractivity contribution is 7.22. The molecular weight excluding hydrogens is 390 g/mol. The Morgan fingerprint density at radius 1 is 1.10 bits per heavy atom. The summed E-state index contributed by atoms with van der Waals surface area (Å²) in [4.78, 5) is 17.8. The second-order valence-electron chi connectivity index (χ2n) is 6.24. The molecule has 2 aromatic heterocycles. The van der Waals surface area contributed by atoms with E-state index in [2.05, 4.69) is 10.1 Å². The van der Waals surface area contributed by atoms with Gasteiger partial charge in [0.25, 0.3) is 5.91 Å². The van der Waals surface area contributed by atoms with Crippen molar-refractivity contribution in [3.05, 3.63) is 72.7 Å². The number of hydrazone groups is 1. The average Bonchev–Trinajstić information content (AvgIpc) is 3.43. The minimum atomic E-state index is -0.842. The molecule has 29 heavy (non-hydrogen) atoms. The van der Waals surface area contributed by atoms with Gasteiger partial charge in [0.05, 0.1) is 22.7 Å². The zero-order valence-electron chi connectivity index (χ0n) is 15.1. The van der Waals surface area contributed by atoms with Gasteiger partial charge in [-0.2, -0.15) is 10.1 Å². The predicted molar refractivity (Wildman–Crippen MR) is 110 cm³/mol. The fourth-order valence-corrected chi connectivity index (χ4v) is 3.84. The molecule has 4 aromatic rings. The molecule has 1 aliphatic rings. The van der Waals surface area contributed by atoms with Crippen LogP contribution in [0.1, 0.15) is 5.76 Å². The van der Waals surface area contributed by atoms with Crippen LogP contribution in [0.3, 0.4) is 0 Å². The molecule has 3 heterocycles. The number of thiazole rings is 1. The number of rotatable bonds is 4. The van der Waals surface area contributed by atoms with Crippen LogP contribution in [0.25, 0.3) is 10.2 Å². The van der Waals surface area contributed by atoms with Gasteiger partial charge in [-0.15, -0.1) is 0 Å². The molecule has 0 unspecified atom stereocenters. The molecule has 144 valence electrons. The highest BCUT2D eigenvalue weighted by atomic mass is 32.1. The fraction of sp³-hybridized carbons (Fsp3) is 0.0952. The highest BCUT2D eigenvalue weighted by Crippen LogP contribution is 2.33. The van der Waals surface area contributed by atoms with Gasteiger partial charge in [0.15, 0.2) is 11.5 Å². The third-order valence-corrected chi connectivity index (χ3v) is 5.31. The van der Waals surface area contributed by atoms with E-state index in [1.165, 1.54) is 22.6 Å². The first-order valence-corrected chi connectivity index (χ1v) is 9.75. The average molecular weight is 405 g/mol. The normalized spacial score (nSPS) is 15.7. The van der Waals surface area contributed by atoms with E-state index in [9.17, 15) is 4.79 Å². The standard InChI is InChI=1S/C21H15N3O4S/c25-20(18-13-27-16-8-2-3-9-17(16)28-18)24(22-12-14-6-5-11-26-14)21-23-15-7-1-4-10-19(15)29-21/h1-12,18H,13H2/b22-12-/t18-/m1/s1. The Balaban J connectivity index is 1.48. The summed E-state index contributed by atoms with van der Waals surface area (Å²) in [5.74, 6) is 1.29. The Bertz CT molecular complexity index is 1150. The van der Waals surface area contributed by atoms with Crippen molar-refractivity contribution in [1.82, 2.24) is 4.98 Å². The molecule has 1 aliphatic heterocycles. The summed E-state index contributed by atoms with van der Waals surface area (Å²) >= 11 is 1.37. The van der Waals surface area contributed by atoms with E-state index in [1.54, 1.807) is 30.5 Å². The SMILES string of the molecule is O=C([C@H]1COc2ccccc2O1)N(/N=C\c1ccco1)c1nc2ccccc2s1. The Morgan fingerprint density at radius 3 is 2.76 bits per heavy atom. The summed E-state index contributed by atoms with van der Waals surface area (Å²) in [7, 11) is 0. The van der Waals surface area contributed by atoms with E-state index in [1.807, 2.05) is 36.4 Å². The lowest BCUT2D eigenvalue weighted by Gasteiger charge is -2.27. The van der Waals surface area contributed by atoms with Crippen LogP contribution in [0, 0.1) is 0 Å². The number of benzene rings is 2. The van der Waals surface area contributed by atoms with Crippen LogP contribution in [0.4, 0.5) is 5.13 Å². The smallest absolute Gasteiger partial charge is 0.294 e. The number of carbonyl (C=O) groups excluding carboxylic acids is 1. The second kappa shape index (κ2) is 7.40. The predicted octanol–water partition coefficient (Wildman–Crippen LogP) is 4.10. The molecule has 0 radical (unpaired) electrons. The lowest BCUT2D eigenvalue weighted by Crippen LogP contribution is -2.44. The molecule has 7 nitrogen and oxygen atoms in total. The van der Waals surface area contributed by atoms with Crippen molar-refractivity contribution in [1.29, 1.82) is 0 Å². The summed E-state index contributed by atoms with van der Waals surface area (Å²) in [6.07, 6.45) is 2.17. The minimum absolute atomic E-state index is 0.0908. The summed E-state index contributed by atoms with van der Waals surface area (Å²) in [6, 6.07) is 18.4. The fourth-order valence-electron chi connectivity index (χ4n) is 2.91. The Hall–Kier alpha value is -3.65. The first kappa shape index (κ1) is 17.4. The summed E-state index contributed by atoms with van der Waals surface area (Å²) in [5, 5.41) is 6.03. The summed E-state index contributed by atoms with van der Waals surface area (Å²) in [5.41, 5.74) is 0.796. The van der Waals surface area contributed by atoms with Gasteiger partial charge in [0.2, 0.25) is 11.2 Å². The molecule has 2 aromatic carbocycles. The van der Waals surface area contributed by atoms with Crippen molar-refractivity contribution in [3.63, 3.8) is 0 Å². The zero-order valence-corrected chi connectivity index (χ0v) is 15.9. The van der Waals surface area contributed by atoms with Gasteiger partial charge in [-0.25, -0.2) is 4.98 Å². The van der Waals surface area contributed by atoms with Crippen molar-refractivity contribution in [3.8, 4) is 11.5 Å². The van der Waals surface area contributed by atoms with Crippen molar-refractivity contribution in [2.75, 3.05) is 11.6 Å². The molecule has 8 heteroatoms. The van der Waals surface area contributed by atoms with E-state index >= 15 is 0 Å². The van der Waals surface area contributed by atoms with Crippen LogP contribution in [0.15, 0.2) is 76.4 Å². The van der Waals surface area contributed by atoms with Gasteiger partial charge in [0.1, 0.15) is 12.4 Å². The van der Waals surface area contributed by atoms with E-state index in [4.69, 9.17) is 13.9 Å². The lowest BCUT2D eigenvalue weighted by molar-refractivity contribution is -0.127. The number of furan rings is 1. The van der Waals surface area contributed by atoms with Crippen molar-refractivity contribution < 1.29 is 18.7 Å². The van der Waals surface area contributed by atoms with Gasteiger partial charge in [-0.3, -0.25) is 4.79 Å². The van der Waals surface area contributed by atoms with Crippen LogP contribution in [0.2, 0.25) is 0 Å². The number of anilines is 1. The minimum Gasteiger partial charge on any atom is -0.485 e. The zero-order chi connectivity index (χ0) is 19.6. The topological polar surface area (TPSA) is 77.2 Å². The highest BCUT2D eigenvalue weighted by Gasteiger charge is 2.33. The van der Waals surface area contributed by atoms with E-state index < -0.39 is 6.10 Å². The number of hydrogen-bond acceptors (Lipinski definition) is 7. The third kappa shape index (κ3) is 3.45. The number of nitrogens with zero attached hydrogens (tertiary/aromatic N) is 3. The molecular formula is C21H15N3O4S. The molecule has 0 N–H and O–H groups in total. The van der Waals surface area contributed by atoms with Crippen molar-refractivity contribution in [2.24, 2.45) is 5.10 Å². The first-order chi connectivity index (χ1) is 14.3. The van der Waals surface area contributed by atoms with Crippen LogP contribution in [-0.2, 0) is 4.79 Å². The van der Waals surface area contributed by atoms with Gasteiger partial charge >= 0.3 is 0 Å². The van der Waals surface area contributed by atoms with E-state index in [0.717, 1.165) is 10.2 Å². The number of para-hydroxylation sites is 3. The van der Waals surface area contributed by atoms with Gasteiger partial charge in [0, 0.05) is 0 Å². The summed E-state index contributed by atoms with van der Waals surface area (Å²) in [6.45, 7) is 0.0908. The number of fused-ring (bicyclic) bond motifs is 2. The molecule has 0 saturated carbocycles. The number of aromatic nitrogens is 1. The van der Waals surface area contributed by atoms with Crippen LogP contribution in [0.5, 0.6) is 11.5 Å². The second-order valence-corrected chi connectivity index (χ2v) is 7.25. The molecule has 5 rings (SSSR count). The maximum atomic E-state index is 13.3. The van der Waals surface area contributed by atoms with Crippen LogP contribution in [-0.4, -0.2) is 29.8 Å². The first-order valence-electron chi connectivity index (χ1n) is 8.93. The Kier molecular flexibility index (Phi) is 4.45. The van der Waals surface area contributed by atoms with E-state index in [0.29, 0.717) is 22.4 Å². The largest absolute Gasteiger partial charge is 0.485 e. The maximum Gasteiger partial charge on any atom is 0.294 e. The van der Waals surface area contributed by atoms with Crippen LogP contribution >= 0.6 is 11.3 Å². The maximum absolute atomic E-state index is 13.3. The molecule has 1 amide bonds. The van der Waals surface area contributed by atoms with E-state index in [-0.39, 0.29) is 12.5 Å². The number of hydrogen-bond donors (Lipinski definition) is 0. The van der Waals surface area contributed by atoms with Crippen LogP contribution < -0.4 is 14.5 Å². The monoisotopic (exact) mass is 405 g/mol. The Morgan fingerprint density at radius 2 is 1.93 bits per heavy atom. The quantitative estimate of drug-likeness (QED) is 0.377. The number of carbonyl (C=O) groups is 1. The van der Waals surface area contributed by atoms with Gasteiger partial charge in [-0.1, -0.05) is 35.6 Å².